The number of rotatable bonds is 6. The van der Waals surface area contributed by atoms with E-state index >= 15 is 0 Å². The van der Waals surface area contributed by atoms with Gasteiger partial charge in [0.2, 0.25) is 5.91 Å². The minimum Gasteiger partial charge on any atom is -0.490 e. The SMILES string of the molecule is CN(CCOc1ccccc1Cl)C(=O)Cn1ccc(=O)[nH]c1=O. The summed E-state index contributed by atoms with van der Waals surface area (Å²) < 4.78 is 6.64. The molecule has 1 N–H and O–H groups in total. The van der Waals surface area contributed by atoms with Crippen molar-refractivity contribution in [1.82, 2.24) is 14.5 Å². The lowest BCUT2D eigenvalue weighted by molar-refractivity contribution is -0.130. The number of ether oxygens (including phenoxy) is 1. The van der Waals surface area contributed by atoms with Gasteiger partial charge in [-0.2, -0.15) is 0 Å². The van der Waals surface area contributed by atoms with Crippen molar-refractivity contribution >= 4 is 17.5 Å². The number of hydrogen-bond acceptors (Lipinski definition) is 4. The molecule has 0 spiro atoms. The van der Waals surface area contributed by atoms with Crippen LogP contribution in [0.4, 0.5) is 0 Å². The molecule has 0 saturated carbocycles. The van der Waals surface area contributed by atoms with Gasteiger partial charge >= 0.3 is 5.69 Å². The molecule has 0 fully saturated rings. The second-order valence-electron chi connectivity index (χ2n) is 4.83. The highest BCUT2D eigenvalue weighted by Gasteiger charge is 2.11. The highest BCUT2D eigenvalue weighted by molar-refractivity contribution is 6.32. The number of aromatic nitrogens is 2. The Morgan fingerprint density at radius 1 is 1.30 bits per heavy atom. The van der Waals surface area contributed by atoms with E-state index in [-0.39, 0.29) is 19.1 Å². The van der Waals surface area contributed by atoms with Gasteiger partial charge in [0.15, 0.2) is 0 Å². The zero-order chi connectivity index (χ0) is 16.8. The molecule has 23 heavy (non-hydrogen) atoms. The zero-order valence-corrected chi connectivity index (χ0v) is 13.2. The van der Waals surface area contributed by atoms with Crippen molar-refractivity contribution in [3.63, 3.8) is 0 Å². The van der Waals surface area contributed by atoms with E-state index < -0.39 is 11.2 Å². The summed E-state index contributed by atoms with van der Waals surface area (Å²) >= 11 is 5.97. The molecule has 0 radical (unpaired) electrons. The van der Waals surface area contributed by atoms with Gasteiger partial charge in [0.1, 0.15) is 18.9 Å². The number of likely N-dealkylation sites (N-methyl/N-ethyl adjacent to an activating group) is 1. The van der Waals surface area contributed by atoms with E-state index in [9.17, 15) is 14.4 Å². The summed E-state index contributed by atoms with van der Waals surface area (Å²) in [6, 6.07) is 8.25. The molecule has 0 aliphatic carbocycles. The van der Waals surface area contributed by atoms with E-state index in [0.29, 0.717) is 17.3 Å². The molecule has 0 aliphatic rings. The standard InChI is InChI=1S/C15H16ClN3O4/c1-18(8-9-23-12-5-3-2-4-11(12)16)14(21)10-19-7-6-13(20)17-15(19)22/h2-7H,8-10H2,1H3,(H,17,20,22). The molecule has 0 atom stereocenters. The molecule has 0 unspecified atom stereocenters. The topological polar surface area (TPSA) is 84.4 Å². The Bertz CT molecular complexity index is 800. The smallest absolute Gasteiger partial charge is 0.328 e. The van der Waals surface area contributed by atoms with Gasteiger partial charge < -0.3 is 9.64 Å². The molecule has 1 heterocycles. The molecule has 2 aromatic rings. The van der Waals surface area contributed by atoms with Crippen molar-refractivity contribution in [2.24, 2.45) is 0 Å². The Kier molecular flexibility index (Phi) is 5.59. The highest BCUT2D eigenvalue weighted by Crippen LogP contribution is 2.22. The summed E-state index contributed by atoms with van der Waals surface area (Å²) in [5.41, 5.74) is -1.12. The lowest BCUT2D eigenvalue weighted by Gasteiger charge is -2.18. The van der Waals surface area contributed by atoms with Crippen LogP contribution in [0.25, 0.3) is 0 Å². The van der Waals surface area contributed by atoms with Gasteiger partial charge in [0.05, 0.1) is 11.6 Å². The predicted octanol–water partition coefficient (Wildman–Crippen LogP) is 0.727. The summed E-state index contributed by atoms with van der Waals surface area (Å²) in [4.78, 5) is 38.1. The number of carbonyl (C=O) groups excluding carboxylic acids is 1. The number of aromatic amines is 1. The molecule has 1 aromatic carbocycles. The normalized spacial score (nSPS) is 10.3. The van der Waals surface area contributed by atoms with E-state index in [0.717, 1.165) is 4.57 Å². The van der Waals surface area contributed by atoms with Gasteiger partial charge in [-0.05, 0) is 12.1 Å². The Hall–Kier alpha value is -2.54. The summed E-state index contributed by atoms with van der Waals surface area (Å²) in [5.74, 6) is 0.272. The average molecular weight is 338 g/mol. The van der Waals surface area contributed by atoms with E-state index in [2.05, 4.69) is 4.98 Å². The maximum Gasteiger partial charge on any atom is 0.328 e. The Balaban J connectivity index is 1.86. The number of carbonyl (C=O) groups is 1. The van der Waals surface area contributed by atoms with Gasteiger partial charge in [0.25, 0.3) is 5.56 Å². The third kappa shape index (κ3) is 4.72. The summed E-state index contributed by atoms with van der Waals surface area (Å²) in [6.45, 7) is 0.451. The van der Waals surface area contributed by atoms with Crippen LogP contribution in [0.3, 0.4) is 0 Å². The number of amides is 1. The summed E-state index contributed by atoms with van der Waals surface area (Å²) in [6.07, 6.45) is 1.28. The third-order valence-corrected chi connectivity index (χ3v) is 3.46. The summed E-state index contributed by atoms with van der Waals surface area (Å²) in [7, 11) is 1.61. The molecule has 1 amide bonds. The van der Waals surface area contributed by atoms with Crippen LogP contribution in [0.5, 0.6) is 5.75 Å². The van der Waals surface area contributed by atoms with Crippen molar-refractivity contribution < 1.29 is 9.53 Å². The van der Waals surface area contributed by atoms with Gasteiger partial charge in [-0.25, -0.2) is 4.79 Å². The number of H-pyrrole nitrogens is 1. The summed E-state index contributed by atoms with van der Waals surface area (Å²) in [5, 5.41) is 0.501. The number of hydrogen-bond donors (Lipinski definition) is 1. The van der Waals surface area contributed by atoms with Gasteiger partial charge in [-0.3, -0.25) is 19.1 Å². The lowest BCUT2D eigenvalue weighted by Crippen LogP contribution is -2.37. The van der Waals surface area contributed by atoms with Crippen LogP contribution in [0, 0.1) is 0 Å². The molecule has 0 aliphatic heterocycles. The van der Waals surface area contributed by atoms with E-state index in [4.69, 9.17) is 16.3 Å². The minimum atomic E-state index is -0.619. The number of benzene rings is 1. The maximum absolute atomic E-state index is 12.1. The van der Waals surface area contributed by atoms with Crippen LogP contribution in [0.2, 0.25) is 5.02 Å². The average Bonchev–Trinajstić information content (AvgIpc) is 2.51. The fourth-order valence-electron chi connectivity index (χ4n) is 1.81. The van der Waals surface area contributed by atoms with Crippen LogP contribution >= 0.6 is 11.6 Å². The first-order valence-electron chi connectivity index (χ1n) is 6.88. The predicted molar refractivity (Wildman–Crippen MR) is 85.9 cm³/mol. The molecule has 122 valence electrons. The molecule has 2 rings (SSSR count). The Morgan fingerprint density at radius 3 is 2.74 bits per heavy atom. The van der Waals surface area contributed by atoms with Crippen molar-refractivity contribution in [1.29, 1.82) is 0 Å². The first-order chi connectivity index (χ1) is 11.0. The Labute approximate surface area is 137 Å². The van der Waals surface area contributed by atoms with Crippen LogP contribution < -0.4 is 16.0 Å². The van der Waals surface area contributed by atoms with Gasteiger partial charge in [-0.15, -0.1) is 0 Å². The van der Waals surface area contributed by atoms with Crippen LogP contribution in [0.15, 0.2) is 46.1 Å². The van der Waals surface area contributed by atoms with E-state index in [1.54, 1.807) is 31.3 Å². The van der Waals surface area contributed by atoms with Crippen molar-refractivity contribution in [2.45, 2.75) is 6.54 Å². The fourth-order valence-corrected chi connectivity index (χ4v) is 2.00. The number of nitrogens with zero attached hydrogens (tertiary/aromatic N) is 2. The first kappa shape index (κ1) is 16.8. The maximum atomic E-state index is 12.1. The van der Waals surface area contributed by atoms with Gasteiger partial charge in [0, 0.05) is 19.3 Å². The molecule has 7 nitrogen and oxygen atoms in total. The van der Waals surface area contributed by atoms with E-state index in [1.165, 1.54) is 17.2 Å². The molecule has 0 saturated heterocycles. The minimum absolute atomic E-state index is 0.155. The number of para-hydroxylation sites is 1. The second kappa shape index (κ2) is 7.64. The molecule has 1 aromatic heterocycles. The third-order valence-electron chi connectivity index (χ3n) is 3.15. The number of halogens is 1. The van der Waals surface area contributed by atoms with Crippen molar-refractivity contribution in [2.75, 3.05) is 20.2 Å². The van der Waals surface area contributed by atoms with Gasteiger partial charge in [-0.1, -0.05) is 23.7 Å². The lowest BCUT2D eigenvalue weighted by atomic mass is 10.3. The van der Waals surface area contributed by atoms with Crippen LogP contribution in [-0.4, -0.2) is 40.6 Å². The van der Waals surface area contributed by atoms with Crippen molar-refractivity contribution in [3.05, 3.63) is 62.4 Å². The highest BCUT2D eigenvalue weighted by atomic mass is 35.5. The quantitative estimate of drug-likeness (QED) is 0.842. The zero-order valence-electron chi connectivity index (χ0n) is 12.5. The monoisotopic (exact) mass is 337 g/mol. The number of nitrogens with one attached hydrogen (secondary N) is 1. The van der Waals surface area contributed by atoms with E-state index in [1.807, 2.05) is 0 Å². The molecular formula is C15H16ClN3O4. The van der Waals surface area contributed by atoms with Crippen molar-refractivity contribution in [3.8, 4) is 5.75 Å². The van der Waals surface area contributed by atoms with Crippen LogP contribution in [0.1, 0.15) is 0 Å². The molecular weight excluding hydrogens is 322 g/mol. The van der Waals surface area contributed by atoms with Crippen LogP contribution in [-0.2, 0) is 11.3 Å². The Morgan fingerprint density at radius 2 is 2.04 bits per heavy atom. The largest absolute Gasteiger partial charge is 0.490 e. The molecule has 0 bridgehead atoms. The fraction of sp³-hybridized carbons (Fsp3) is 0.267. The second-order valence-corrected chi connectivity index (χ2v) is 5.24. The first-order valence-corrected chi connectivity index (χ1v) is 7.26. The molecule has 8 heteroatoms.